The number of hydrogen-bond donors (Lipinski definition) is 1. The molecule has 0 fully saturated rings. The van der Waals surface area contributed by atoms with Gasteiger partial charge in [0, 0.05) is 40.9 Å². The zero-order valence-electron chi connectivity index (χ0n) is 14.1. The van der Waals surface area contributed by atoms with E-state index in [0.29, 0.717) is 12.0 Å². The Hall–Kier alpha value is -3.42. The van der Waals surface area contributed by atoms with Crippen molar-refractivity contribution in [1.82, 2.24) is 10.1 Å². The maximum atomic E-state index is 6.50. The first-order chi connectivity index (χ1) is 12.8. The highest BCUT2D eigenvalue weighted by molar-refractivity contribution is 5.93. The minimum absolute atomic E-state index is 0.196. The van der Waals surface area contributed by atoms with Crippen LogP contribution in [0, 0.1) is 12.3 Å². The molecule has 2 N–H and O–H groups in total. The maximum absolute atomic E-state index is 6.50. The molecule has 0 amide bonds. The summed E-state index contributed by atoms with van der Waals surface area (Å²) < 4.78 is 5.50. The first-order valence-electron chi connectivity index (χ1n) is 8.37. The fraction of sp³-hybridized carbons (Fsp3) is 0.0909. The highest BCUT2D eigenvalue weighted by atomic mass is 16.5. The zero-order valence-corrected chi connectivity index (χ0v) is 14.1. The summed E-state index contributed by atoms with van der Waals surface area (Å²) in [5.74, 6) is 2.61. The Bertz CT molecular complexity index is 1090. The molecular formula is C22H17N3O. The van der Waals surface area contributed by atoms with Gasteiger partial charge in [0.05, 0.1) is 0 Å². The van der Waals surface area contributed by atoms with Gasteiger partial charge in [-0.2, -0.15) is 0 Å². The first kappa shape index (κ1) is 16.1. The summed E-state index contributed by atoms with van der Waals surface area (Å²) in [5.41, 5.74) is 11.6. The lowest BCUT2D eigenvalue weighted by Gasteiger charge is -2.15. The Balaban J connectivity index is 1.76. The van der Waals surface area contributed by atoms with E-state index in [-0.39, 0.29) is 6.04 Å². The van der Waals surface area contributed by atoms with Crippen LogP contribution >= 0.6 is 0 Å². The van der Waals surface area contributed by atoms with E-state index >= 15 is 0 Å². The van der Waals surface area contributed by atoms with Gasteiger partial charge in [0.1, 0.15) is 5.69 Å². The number of rotatable bonds is 4. The Kier molecular flexibility index (Phi) is 4.22. The third kappa shape index (κ3) is 2.97. The van der Waals surface area contributed by atoms with Crippen LogP contribution in [-0.4, -0.2) is 10.1 Å². The van der Waals surface area contributed by atoms with E-state index in [1.807, 2.05) is 60.7 Å². The second-order valence-corrected chi connectivity index (χ2v) is 6.11. The number of benzene rings is 2. The SMILES string of the molecule is C#Cc1ccc2c(-c3ccccc3C(N)Cc3ccccn3)noc2c1. The molecule has 1 unspecified atom stereocenters. The average molecular weight is 339 g/mol. The van der Waals surface area contributed by atoms with Crippen LogP contribution in [0.5, 0.6) is 0 Å². The molecule has 4 aromatic rings. The molecule has 26 heavy (non-hydrogen) atoms. The molecule has 2 heterocycles. The highest BCUT2D eigenvalue weighted by Crippen LogP contribution is 2.33. The number of terminal acetylenes is 1. The van der Waals surface area contributed by atoms with E-state index < -0.39 is 0 Å². The van der Waals surface area contributed by atoms with Crippen molar-refractivity contribution in [1.29, 1.82) is 0 Å². The minimum Gasteiger partial charge on any atom is -0.356 e. The fourth-order valence-electron chi connectivity index (χ4n) is 3.11. The van der Waals surface area contributed by atoms with Crippen molar-refractivity contribution in [2.75, 3.05) is 0 Å². The summed E-state index contributed by atoms with van der Waals surface area (Å²) in [4.78, 5) is 4.37. The van der Waals surface area contributed by atoms with Gasteiger partial charge in [-0.3, -0.25) is 4.98 Å². The topological polar surface area (TPSA) is 64.9 Å². The molecule has 126 valence electrons. The lowest BCUT2D eigenvalue weighted by atomic mass is 9.94. The number of aromatic nitrogens is 2. The molecule has 0 bridgehead atoms. The Morgan fingerprint density at radius 1 is 1.08 bits per heavy atom. The number of fused-ring (bicyclic) bond motifs is 1. The van der Waals surface area contributed by atoms with Crippen LogP contribution in [-0.2, 0) is 6.42 Å². The second-order valence-electron chi connectivity index (χ2n) is 6.11. The van der Waals surface area contributed by atoms with Crippen molar-refractivity contribution in [2.45, 2.75) is 12.5 Å². The van der Waals surface area contributed by atoms with Crippen LogP contribution in [0.3, 0.4) is 0 Å². The fourth-order valence-corrected chi connectivity index (χ4v) is 3.11. The number of nitrogens with zero attached hydrogens (tertiary/aromatic N) is 2. The monoisotopic (exact) mass is 339 g/mol. The highest BCUT2D eigenvalue weighted by Gasteiger charge is 2.18. The van der Waals surface area contributed by atoms with Gasteiger partial charge in [-0.1, -0.05) is 41.4 Å². The van der Waals surface area contributed by atoms with Crippen molar-refractivity contribution in [3.05, 3.63) is 83.7 Å². The van der Waals surface area contributed by atoms with E-state index in [2.05, 4.69) is 16.1 Å². The smallest absolute Gasteiger partial charge is 0.168 e. The summed E-state index contributed by atoms with van der Waals surface area (Å²) in [7, 11) is 0. The zero-order chi connectivity index (χ0) is 17.9. The van der Waals surface area contributed by atoms with Gasteiger partial charge in [-0.05, 0) is 35.9 Å². The molecule has 0 aliphatic heterocycles. The van der Waals surface area contributed by atoms with Crippen molar-refractivity contribution in [3.8, 4) is 23.6 Å². The second kappa shape index (κ2) is 6.83. The van der Waals surface area contributed by atoms with Gasteiger partial charge in [0.2, 0.25) is 0 Å². The molecule has 0 aliphatic carbocycles. The van der Waals surface area contributed by atoms with Crippen molar-refractivity contribution >= 4 is 11.0 Å². The van der Waals surface area contributed by atoms with E-state index in [1.54, 1.807) is 6.20 Å². The quantitative estimate of drug-likeness (QED) is 0.568. The molecular weight excluding hydrogens is 322 g/mol. The van der Waals surface area contributed by atoms with Gasteiger partial charge in [-0.15, -0.1) is 6.42 Å². The molecule has 2 aromatic heterocycles. The summed E-state index contributed by atoms with van der Waals surface area (Å²) in [5, 5.41) is 5.19. The predicted octanol–water partition coefficient (Wildman–Crippen LogP) is 4.11. The van der Waals surface area contributed by atoms with Crippen LogP contribution in [0.25, 0.3) is 22.2 Å². The Labute approximate surface area is 151 Å². The van der Waals surface area contributed by atoms with E-state index in [0.717, 1.165) is 33.5 Å². The van der Waals surface area contributed by atoms with E-state index in [9.17, 15) is 0 Å². The lowest BCUT2D eigenvalue weighted by molar-refractivity contribution is 0.459. The summed E-state index contributed by atoms with van der Waals surface area (Å²) in [6.45, 7) is 0. The molecule has 0 saturated carbocycles. The predicted molar refractivity (Wildman–Crippen MR) is 102 cm³/mol. The Morgan fingerprint density at radius 2 is 1.92 bits per heavy atom. The maximum Gasteiger partial charge on any atom is 0.168 e. The summed E-state index contributed by atoms with van der Waals surface area (Å²) >= 11 is 0. The average Bonchev–Trinajstić information content (AvgIpc) is 3.11. The molecule has 0 spiro atoms. The van der Waals surface area contributed by atoms with Crippen LogP contribution in [0.4, 0.5) is 0 Å². The molecule has 4 heteroatoms. The third-order valence-corrected chi connectivity index (χ3v) is 4.41. The molecule has 4 rings (SSSR count). The minimum atomic E-state index is -0.196. The normalized spacial score (nSPS) is 12.0. The van der Waals surface area contributed by atoms with Crippen LogP contribution < -0.4 is 5.73 Å². The molecule has 0 aliphatic rings. The van der Waals surface area contributed by atoms with Crippen LogP contribution in [0.2, 0.25) is 0 Å². The molecule has 0 saturated heterocycles. The Morgan fingerprint density at radius 3 is 2.73 bits per heavy atom. The van der Waals surface area contributed by atoms with Gasteiger partial charge in [-0.25, -0.2) is 0 Å². The molecule has 1 atom stereocenters. The van der Waals surface area contributed by atoms with Gasteiger partial charge in [0.15, 0.2) is 5.58 Å². The first-order valence-corrected chi connectivity index (χ1v) is 8.37. The summed E-state index contributed by atoms with van der Waals surface area (Å²) in [6.07, 6.45) is 7.89. The van der Waals surface area contributed by atoms with E-state index in [1.165, 1.54) is 0 Å². The van der Waals surface area contributed by atoms with Crippen LogP contribution in [0.15, 0.2) is 71.4 Å². The summed E-state index contributed by atoms with van der Waals surface area (Å²) in [6, 6.07) is 19.3. The third-order valence-electron chi connectivity index (χ3n) is 4.41. The van der Waals surface area contributed by atoms with Gasteiger partial charge < -0.3 is 10.3 Å². The number of hydrogen-bond acceptors (Lipinski definition) is 4. The van der Waals surface area contributed by atoms with Gasteiger partial charge >= 0.3 is 0 Å². The lowest BCUT2D eigenvalue weighted by Crippen LogP contribution is -2.15. The van der Waals surface area contributed by atoms with Gasteiger partial charge in [0.25, 0.3) is 0 Å². The van der Waals surface area contributed by atoms with E-state index in [4.69, 9.17) is 16.7 Å². The van der Waals surface area contributed by atoms with Crippen molar-refractivity contribution in [2.24, 2.45) is 5.73 Å². The molecule has 4 nitrogen and oxygen atoms in total. The molecule has 0 radical (unpaired) electrons. The van der Waals surface area contributed by atoms with Crippen molar-refractivity contribution < 1.29 is 4.52 Å². The number of pyridine rings is 1. The standard InChI is InChI=1S/C22H17N3O/c1-2-15-10-11-19-21(13-15)26-25-22(19)18-9-4-3-8-17(18)20(23)14-16-7-5-6-12-24-16/h1,3-13,20H,14,23H2. The van der Waals surface area contributed by atoms with Crippen molar-refractivity contribution in [3.63, 3.8) is 0 Å². The molecule has 2 aromatic carbocycles. The largest absolute Gasteiger partial charge is 0.356 e. The number of nitrogens with two attached hydrogens (primary N) is 1. The van der Waals surface area contributed by atoms with Crippen LogP contribution in [0.1, 0.15) is 22.9 Å².